The number of nitrogens with one attached hydrogen (secondary N) is 1. The molecule has 0 amide bonds. The van der Waals surface area contributed by atoms with Crippen molar-refractivity contribution in [3.63, 3.8) is 0 Å². The first-order valence-electron chi connectivity index (χ1n) is 8.65. The average Bonchev–Trinajstić information content (AvgIpc) is 2.46. The van der Waals surface area contributed by atoms with E-state index in [1.54, 1.807) is 0 Å². The molecule has 120 valence electrons. The van der Waals surface area contributed by atoms with Gasteiger partial charge in [-0.15, -0.1) is 0 Å². The third-order valence-corrected chi connectivity index (χ3v) is 4.14. The van der Waals surface area contributed by atoms with E-state index >= 15 is 0 Å². The lowest BCUT2D eigenvalue weighted by Gasteiger charge is -2.36. The van der Waals surface area contributed by atoms with Gasteiger partial charge >= 0.3 is 0 Å². The molecule has 0 bridgehead atoms. The summed E-state index contributed by atoms with van der Waals surface area (Å²) in [7, 11) is 0. The summed E-state index contributed by atoms with van der Waals surface area (Å²) in [6, 6.07) is 0.334. The summed E-state index contributed by atoms with van der Waals surface area (Å²) < 4.78 is 12.0. The zero-order chi connectivity index (χ0) is 14.8. The van der Waals surface area contributed by atoms with Crippen LogP contribution in [0.2, 0.25) is 0 Å². The van der Waals surface area contributed by atoms with Gasteiger partial charge in [-0.05, 0) is 52.5 Å². The van der Waals surface area contributed by atoms with Gasteiger partial charge in [0.1, 0.15) is 0 Å². The summed E-state index contributed by atoms with van der Waals surface area (Å²) >= 11 is 0. The smallest absolute Gasteiger partial charge is 0.0778 e. The predicted octanol–water partition coefficient (Wildman–Crippen LogP) is 3.77. The van der Waals surface area contributed by atoms with Crippen molar-refractivity contribution in [3.05, 3.63) is 0 Å². The molecule has 0 heterocycles. The Kier molecular flexibility index (Phi) is 9.49. The summed E-state index contributed by atoms with van der Waals surface area (Å²) in [6.07, 6.45) is 8.50. The largest absolute Gasteiger partial charge is 0.377 e. The van der Waals surface area contributed by atoms with Gasteiger partial charge in [0.2, 0.25) is 0 Å². The maximum Gasteiger partial charge on any atom is 0.0778 e. The molecular weight excluding hydrogens is 250 g/mol. The highest BCUT2D eigenvalue weighted by Gasteiger charge is 2.31. The standard InChI is InChI=1S/C17H35NO2/c1-5-12-18-16(13-20-14(3)4)17(19-6-2)15-10-8-7-9-11-15/h14-18H,5-13H2,1-4H3. The Balaban J connectivity index is 2.62. The Hall–Kier alpha value is -0.120. The van der Waals surface area contributed by atoms with Gasteiger partial charge in [-0.3, -0.25) is 0 Å². The molecule has 0 aliphatic heterocycles. The first kappa shape index (κ1) is 17.9. The van der Waals surface area contributed by atoms with Gasteiger partial charge < -0.3 is 14.8 Å². The molecule has 0 radical (unpaired) electrons. The second kappa shape index (κ2) is 10.6. The van der Waals surface area contributed by atoms with Crippen molar-refractivity contribution in [1.82, 2.24) is 5.32 Å². The molecule has 0 spiro atoms. The van der Waals surface area contributed by atoms with Crippen molar-refractivity contribution < 1.29 is 9.47 Å². The fourth-order valence-corrected chi connectivity index (χ4v) is 3.13. The molecule has 1 rings (SSSR count). The quantitative estimate of drug-likeness (QED) is 0.663. The van der Waals surface area contributed by atoms with Crippen LogP contribution in [0.15, 0.2) is 0 Å². The summed E-state index contributed by atoms with van der Waals surface area (Å²) in [6.45, 7) is 11.1. The third kappa shape index (κ3) is 6.55. The van der Waals surface area contributed by atoms with E-state index in [1.807, 2.05) is 0 Å². The van der Waals surface area contributed by atoms with Crippen molar-refractivity contribution in [2.24, 2.45) is 5.92 Å². The molecule has 0 aromatic carbocycles. The lowest BCUT2D eigenvalue weighted by Crippen LogP contribution is -2.49. The van der Waals surface area contributed by atoms with Gasteiger partial charge in [0.25, 0.3) is 0 Å². The Bertz CT molecular complexity index is 227. The zero-order valence-electron chi connectivity index (χ0n) is 14.0. The topological polar surface area (TPSA) is 30.5 Å². The number of ether oxygens (including phenoxy) is 2. The average molecular weight is 285 g/mol. The van der Waals surface area contributed by atoms with Crippen LogP contribution in [-0.4, -0.2) is 38.0 Å². The highest BCUT2D eigenvalue weighted by Crippen LogP contribution is 2.29. The first-order chi connectivity index (χ1) is 9.69. The fourth-order valence-electron chi connectivity index (χ4n) is 3.13. The summed E-state index contributed by atoms with van der Waals surface area (Å²) in [5.41, 5.74) is 0. The van der Waals surface area contributed by atoms with Crippen molar-refractivity contribution >= 4 is 0 Å². The van der Waals surface area contributed by atoms with Crippen LogP contribution in [0.5, 0.6) is 0 Å². The second-order valence-corrected chi connectivity index (χ2v) is 6.26. The normalized spacial score (nSPS) is 20.2. The van der Waals surface area contributed by atoms with Crippen LogP contribution in [0.4, 0.5) is 0 Å². The van der Waals surface area contributed by atoms with E-state index in [2.05, 4.69) is 33.0 Å². The van der Waals surface area contributed by atoms with Crippen LogP contribution < -0.4 is 5.32 Å². The van der Waals surface area contributed by atoms with Crippen LogP contribution in [0, 0.1) is 5.92 Å². The molecule has 1 N–H and O–H groups in total. The molecule has 2 atom stereocenters. The molecule has 2 unspecified atom stereocenters. The van der Waals surface area contributed by atoms with Crippen molar-refractivity contribution in [3.8, 4) is 0 Å². The highest BCUT2D eigenvalue weighted by atomic mass is 16.5. The molecule has 0 saturated heterocycles. The lowest BCUT2D eigenvalue weighted by molar-refractivity contribution is -0.0479. The fraction of sp³-hybridized carbons (Fsp3) is 1.00. The SMILES string of the molecule is CCCNC(COC(C)C)C(OCC)C1CCCCC1. The maximum atomic E-state index is 6.13. The molecule has 20 heavy (non-hydrogen) atoms. The van der Waals surface area contributed by atoms with E-state index < -0.39 is 0 Å². The summed E-state index contributed by atoms with van der Waals surface area (Å²) in [5.74, 6) is 0.703. The number of rotatable bonds is 10. The van der Waals surface area contributed by atoms with Gasteiger partial charge in [-0.1, -0.05) is 26.2 Å². The molecule has 3 nitrogen and oxygen atoms in total. The van der Waals surface area contributed by atoms with Gasteiger partial charge in [0.05, 0.1) is 24.9 Å². The van der Waals surface area contributed by atoms with Crippen LogP contribution >= 0.6 is 0 Å². The summed E-state index contributed by atoms with van der Waals surface area (Å²) in [5, 5.41) is 3.66. The Morgan fingerprint density at radius 3 is 2.30 bits per heavy atom. The highest BCUT2D eigenvalue weighted by molar-refractivity contribution is 4.85. The van der Waals surface area contributed by atoms with E-state index in [0.29, 0.717) is 18.1 Å². The van der Waals surface area contributed by atoms with Crippen molar-refractivity contribution in [2.75, 3.05) is 19.8 Å². The molecule has 1 fully saturated rings. The monoisotopic (exact) mass is 285 g/mol. The second-order valence-electron chi connectivity index (χ2n) is 6.26. The first-order valence-corrected chi connectivity index (χ1v) is 8.65. The van der Waals surface area contributed by atoms with Gasteiger partial charge in [0.15, 0.2) is 0 Å². The van der Waals surface area contributed by atoms with Crippen LogP contribution in [0.3, 0.4) is 0 Å². The van der Waals surface area contributed by atoms with E-state index in [9.17, 15) is 0 Å². The van der Waals surface area contributed by atoms with Crippen LogP contribution in [0.25, 0.3) is 0 Å². The molecular formula is C17H35NO2. The third-order valence-electron chi connectivity index (χ3n) is 4.14. The predicted molar refractivity (Wildman–Crippen MR) is 85.2 cm³/mol. The minimum atomic E-state index is 0.287. The molecule has 0 aromatic heterocycles. The molecule has 1 saturated carbocycles. The minimum Gasteiger partial charge on any atom is -0.377 e. The van der Waals surface area contributed by atoms with Crippen molar-refractivity contribution in [2.45, 2.75) is 84.5 Å². The lowest BCUT2D eigenvalue weighted by atomic mass is 9.82. The van der Waals surface area contributed by atoms with Crippen LogP contribution in [0.1, 0.15) is 66.2 Å². The van der Waals surface area contributed by atoms with Gasteiger partial charge in [-0.2, -0.15) is 0 Å². The van der Waals surface area contributed by atoms with E-state index in [0.717, 1.165) is 26.2 Å². The van der Waals surface area contributed by atoms with Gasteiger partial charge in [-0.25, -0.2) is 0 Å². The Morgan fingerprint density at radius 1 is 1.05 bits per heavy atom. The Morgan fingerprint density at radius 2 is 1.75 bits per heavy atom. The van der Waals surface area contributed by atoms with E-state index in [1.165, 1.54) is 32.1 Å². The molecule has 3 heteroatoms. The summed E-state index contributed by atoms with van der Waals surface area (Å²) in [4.78, 5) is 0. The zero-order valence-corrected chi connectivity index (χ0v) is 14.0. The molecule has 1 aliphatic rings. The Labute approximate surface area is 125 Å². The van der Waals surface area contributed by atoms with Crippen LogP contribution in [-0.2, 0) is 9.47 Å². The molecule has 0 aromatic rings. The maximum absolute atomic E-state index is 6.13. The number of hydrogen-bond acceptors (Lipinski definition) is 3. The van der Waals surface area contributed by atoms with Gasteiger partial charge in [0, 0.05) is 6.61 Å². The molecule has 1 aliphatic carbocycles. The van der Waals surface area contributed by atoms with E-state index in [-0.39, 0.29) is 6.10 Å². The van der Waals surface area contributed by atoms with E-state index in [4.69, 9.17) is 9.47 Å². The number of hydrogen-bond donors (Lipinski definition) is 1. The van der Waals surface area contributed by atoms with Crippen molar-refractivity contribution in [1.29, 1.82) is 0 Å². The minimum absolute atomic E-state index is 0.287.